The van der Waals surface area contributed by atoms with E-state index in [1.807, 2.05) is 6.26 Å². The van der Waals surface area contributed by atoms with E-state index in [9.17, 15) is 9.59 Å². The number of rotatable bonds is 5. The van der Waals surface area contributed by atoms with E-state index >= 15 is 0 Å². The molecule has 0 bridgehead atoms. The van der Waals surface area contributed by atoms with Gasteiger partial charge in [-0.1, -0.05) is 0 Å². The molecule has 0 aromatic rings. The van der Waals surface area contributed by atoms with Crippen LogP contribution in [0.2, 0.25) is 0 Å². The molecular formula is C6H11NO4S. The van der Waals surface area contributed by atoms with E-state index in [-0.39, 0.29) is 5.48 Å². The van der Waals surface area contributed by atoms with E-state index in [2.05, 4.69) is 4.99 Å². The number of aliphatic carboxylic acids is 1. The van der Waals surface area contributed by atoms with Crippen LogP contribution in [0.1, 0.15) is 6.42 Å². The van der Waals surface area contributed by atoms with Gasteiger partial charge in [0, 0.05) is 0 Å². The van der Waals surface area contributed by atoms with Crippen LogP contribution in [0.25, 0.3) is 0 Å². The zero-order valence-corrected chi connectivity index (χ0v) is 7.43. The zero-order chi connectivity index (χ0) is 8.69. The molecule has 0 rings (SSSR count). The molecule has 5 nitrogen and oxygen atoms in total. The van der Waals surface area contributed by atoms with Crippen LogP contribution >= 0.6 is 11.8 Å². The maximum Gasteiger partial charge on any atom is 0.329 e. The maximum atomic E-state index is 10.3. The SMILES string of the molecule is CSCCC(N=C=O)C(=O)O.O. The largest absolute Gasteiger partial charge is 0.480 e. The number of thioether (sulfide) groups is 1. The number of carbonyl (C=O) groups excluding carboxylic acids is 1. The molecule has 0 fully saturated rings. The number of hydrogen-bond acceptors (Lipinski definition) is 4. The Labute approximate surface area is 74.2 Å². The molecule has 0 saturated carbocycles. The summed E-state index contributed by atoms with van der Waals surface area (Å²) in [6.45, 7) is 0. The molecule has 0 aromatic heterocycles. The summed E-state index contributed by atoms with van der Waals surface area (Å²) < 4.78 is 0. The molecule has 1 atom stereocenters. The summed E-state index contributed by atoms with van der Waals surface area (Å²) in [4.78, 5) is 23.2. The Morgan fingerprint density at radius 1 is 1.75 bits per heavy atom. The Kier molecular flexibility index (Phi) is 9.45. The molecule has 6 heteroatoms. The molecule has 0 saturated heterocycles. The minimum atomic E-state index is -1.07. The van der Waals surface area contributed by atoms with Gasteiger partial charge in [-0.2, -0.15) is 16.8 Å². The van der Waals surface area contributed by atoms with Crippen LogP contribution in [-0.2, 0) is 9.59 Å². The summed E-state index contributed by atoms with van der Waals surface area (Å²) in [5.74, 6) is -0.385. The number of nitrogens with zero attached hydrogens (tertiary/aromatic N) is 1. The van der Waals surface area contributed by atoms with Crippen LogP contribution in [0.3, 0.4) is 0 Å². The lowest BCUT2D eigenvalue weighted by Gasteiger charge is -2.01. The van der Waals surface area contributed by atoms with Crippen LogP contribution in [0, 0.1) is 0 Å². The predicted octanol–water partition coefficient (Wildman–Crippen LogP) is -0.296. The first kappa shape index (κ1) is 13.7. The molecule has 0 spiro atoms. The van der Waals surface area contributed by atoms with Gasteiger partial charge in [-0.25, -0.2) is 9.59 Å². The number of aliphatic imine (C=N–C) groups is 1. The lowest BCUT2D eigenvalue weighted by Crippen LogP contribution is -2.18. The van der Waals surface area contributed by atoms with Gasteiger partial charge in [0.05, 0.1) is 0 Å². The van der Waals surface area contributed by atoms with E-state index in [4.69, 9.17) is 5.11 Å². The van der Waals surface area contributed by atoms with Gasteiger partial charge in [0.2, 0.25) is 6.08 Å². The van der Waals surface area contributed by atoms with Crippen LogP contribution in [0.4, 0.5) is 0 Å². The number of hydrogen-bond donors (Lipinski definition) is 1. The van der Waals surface area contributed by atoms with Crippen molar-refractivity contribution >= 4 is 23.8 Å². The van der Waals surface area contributed by atoms with Crippen LogP contribution < -0.4 is 0 Å². The molecular weight excluding hydrogens is 182 g/mol. The van der Waals surface area contributed by atoms with E-state index < -0.39 is 12.0 Å². The third kappa shape index (κ3) is 5.91. The molecule has 0 amide bonds. The van der Waals surface area contributed by atoms with Gasteiger partial charge >= 0.3 is 5.97 Å². The van der Waals surface area contributed by atoms with Crippen molar-refractivity contribution in [3.05, 3.63) is 0 Å². The quantitative estimate of drug-likeness (QED) is 0.478. The number of carboxylic acids is 1. The first-order valence-corrected chi connectivity index (χ1v) is 4.40. The second-order valence-corrected chi connectivity index (χ2v) is 2.84. The third-order valence-corrected chi connectivity index (χ3v) is 1.73. The first-order valence-electron chi connectivity index (χ1n) is 3.01. The van der Waals surface area contributed by atoms with E-state index in [0.717, 1.165) is 0 Å². The first-order chi connectivity index (χ1) is 5.22. The summed E-state index contributed by atoms with van der Waals surface area (Å²) in [5.41, 5.74) is 0. The highest BCUT2D eigenvalue weighted by atomic mass is 32.2. The summed E-state index contributed by atoms with van der Waals surface area (Å²) in [6.07, 6.45) is 3.49. The van der Waals surface area contributed by atoms with Gasteiger partial charge < -0.3 is 10.6 Å². The minimum absolute atomic E-state index is 0. The van der Waals surface area contributed by atoms with E-state index in [1.54, 1.807) is 0 Å². The van der Waals surface area contributed by atoms with Crippen LogP contribution in [-0.4, -0.2) is 40.7 Å². The van der Waals surface area contributed by atoms with Crippen molar-refractivity contribution in [3.8, 4) is 0 Å². The van der Waals surface area contributed by atoms with E-state index in [1.165, 1.54) is 17.8 Å². The summed E-state index contributed by atoms with van der Waals surface area (Å²) in [7, 11) is 0. The Balaban J connectivity index is 0. The standard InChI is InChI=1S/C6H9NO3S.H2O/c1-11-3-2-5(6(9)10)7-4-8;/h5H,2-3H2,1H3,(H,9,10);1H2. The van der Waals surface area contributed by atoms with Crippen molar-refractivity contribution in [2.45, 2.75) is 12.5 Å². The molecule has 0 aliphatic heterocycles. The highest BCUT2D eigenvalue weighted by Crippen LogP contribution is 2.03. The fraction of sp³-hybridized carbons (Fsp3) is 0.667. The topological polar surface area (TPSA) is 98.2 Å². The average molecular weight is 193 g/mol. The normalized spacial score (nSPS) is 10.8. The number of carbonyl (C=O) groups is 1. The third-order valence-electron chi connectivity index (χ3n) is 1.09. The highest BCUT2D eigenvalue weighted by molar-refractivity contribution is 7.98. The number of carboxylic acid groups (broad SMARTS) is 1. The van der Waals surface area contributed by atoms with Crippen molar-refractivity contribution in [3.63, 3.8) is 0 Å². The second kappa shape index (κ2) is 8.26. The van der Waals surface area contributed by atoms with Gasteiger partial charge in [-0.3, -0.25) is 0 Å². The van der Waals surface area contributed by atoms with Crippen molar-refractivity contribution in [2.24, 2.45) is 4.99 Å². The van der Waals surface area contributed by atoms with Crippen molar-refractivity contribution in [2.75, 3.05) is 12.0 Å². The minimum Gasteiger partial charge on any atom is -0.480 e. The van der Waals surface area contributed by atoms with Gasteiger partial charge in [0.25, 0.3) is 0 Å². The van der Waals surface area contributed by atoms with Gasteiger partial charge in [0.1, 0.15) is 0 Å². The molecule has 0 aliphatic rings. The second-order valence-electron chi connectivity index (χ2n) is 1.86. The fourth-order valence-corrected chi connectivity index (χ4v) is 0.995. The lowest BCUT2D eigenvalue weighted by atomic mass is 10.2. The van der Waals surface area contributed by atoms with Gasteiger partial charge in [0.15, 0.2) is 6.04 Å². The molecule has 0 radical (unpaired) electrons. The predicted molar refractivity (Wildman–Crippen MR) is 46.2 cm³/mol. The average Bonchev–Trinajstić information content (AvgIpc) is 1.97. The van der Waals surface area contributed by atoms with Gasteiger partial charge in [-0.15, -0.1) is 0 Å². The summed E-state index contributed by atoms with van der Waals surface area (Å²) in [5, 5.41) is 8.45. The monoisotopic (exact) mass is 193 g/mol. The van der Waals surface area contributed by atoms with Crippen molar-refractivity contribution < 1.29 is 20.2 Å². The molecule has 0 heterocycles. The Hall–Kier alpha value is -0.840. The smallest absolute Gasteiger partial charge is 0.329 e. The molecule has 0 aliphatic carbocycles. The van der Waals surface area contributed by atoms with Crippen LogP contribution in [0.15, 0.2) is 4.99 Å². The zero-order valence-electron chi connectivity index (χ0n) is 6.61. The lowest BCUT2D eigenvalue weighted by molar-refractivity contribution is -0.138. The van der Waals surface area contributed by atoms with Gasteiger partial charge in [-0.05, 0) is 18.4 Å². The number of isocyanates is 1. The molecule has 3 N–H and O–H groups in total. The van der Waals surface area contributed by atoms with Crippen LogP contribution in [0.5, 0.6) is 0 Å². The van der Waals surface area contributed by atoms with Crippen molar-refractivity contribution in [1.29, 1.82) is 0 Å². The molecule has 70 valence electrons. The Morgan fingerprint density at radius 3 is 2.67 bits per heavy atom. The van der Waals surface area contributed by atoms with Crippen molar-refractivity contribution in [1.82, 2.24) is 0 Å². The summed E-state index contributed by atoms with van der Waals surface area (Å²) in [6, 6.07) is -0.917. The van der Waals surface area contributed by atoms with E-state index in [0.29, 0.717) is 12.2 Å². The maximum absolute atomic E-state index is 10.3. The summed E-state index contributed by atoms with van der Waals surface area (Å²) >= 11 is 1.52. The Bertz CT molecular complexity index is 176. The molecule has 12 heavy (non-hydrogen) atoms. The molecule has 0 aromatic carbocycles. The Morgan fingerprint density at radius 2 is 2.33 bits per heavy atom. The molecule has 1 unspecified atom stereocenters. The highest BCUT2D eigenvalue weighted by Gasteiger charge is 2.14. The fourth-order valence-electron chi connectivity index (χ4n) is 0.536.